The molecule has 1 atom stereocenters. The van der Waals surface area contributed by atoms with Gasteiger partial charge in [0, 0.05) is 11.1 Å². The van der Waals surface area contributed by atoms with Crippen molar-refractivity contribution < 1.29 is 26.7 Å². The van der Waals surface area contributed by atoms with E-state index < -0.39 is 23.2 Å². The van der Waals surface area contributed by atoms with Crippen molar-refractivity contribution in [1.29, 1.82) is 0 Å². The van der Waals surface area contributed by atoms with Crippen LogP contribution in [0.3, 0.4) is 0 Å². The maximum absolute atomic E-state index is 13.2. The van der Waals surface area contributed by atoms with Crippen molar-refractivity contribution in [2.24, 2.45) is 0 Å². The van der Waals surface area contributed by atoms with Crippen molar-refractivity contribution in [2.45, 2.75) is 25.1 Å². The van der Waals surface area contributed by atoms with E-state index in [9.17, 15) is 21.9 Å². The highest BCUT2D eigenvalue weighted by molar-refractivity contribution is 7.79. The molecule has 0 aliphatic rings. The van der Waals surface area contributed by atoms with Crippen LogP contribution in [0.5, 0.6) is 5.75 Å². The van der Waals surface area contributed by atoms with Crippen molar-refractivity contribution in [3.05, 3.63) is 71.8 Å². The molecule has 0 heterocycles. The van der Waals surface area contributed by atoms with E-state index >= 15 is 0 Å². The first kappa shape index (κ1) is 20.4. The van der Waals surface area contributed by atoms with Gasteiger partial charge < -0.3 is 9.29 Å². The maximum atomic E-state index is 13.2. The van der Waals surface area contributed by atoms with Crippen LogP contribution >= 0.6 is 0 Å². The average Bonchev–Trinajstić information content (AvgIpc) is 2.65. The van der Waals surface area contributed by atoms with Gasteiger partial charge in [-0.15, -0.1) is 13.2 Å². The number of rotatable bonds is 3. The SMILES string of the molecule is Cc1ccc2c(-c3c(S(=O)O)ccc4cc(C)ccc34)c(OC(F)(F)F)ccc2c1. The monoisotopic (exact) mass is 430 g/mol. The quantitative estimate of drug-likeness (QED) is 0.366. The Hall–Kier alpha value is -2.90. The van der Waals surface area contributed by atoms with Crippen LogP contribution in [0.15, 0.2) is 65.6 Å². The summed E-state index contributed by atoms with van der Waals surface area (Å²) < 4.78 is 66.0. The largest absolute Gasteiger partial charge is 0.573 e. The third kappa shape index (κ3) is 3.78. The van der Waals surface area contributed by atoms with Crippen LogP contribution in [0.1, 0.15) is 11.1 Å². The number of hydrogen-bond donors (Lipinski definition) is 1. The standard InChI is InChI=1S/C23H17F3O3S/c1-13-3-7-17-15(11-13)5-9-19(29-23(24,25)26)21(17)22-18-8-4-14(2)12-16(18)6-10-20(22)30(27)28/h3-12H,1-2H3,(H,27,28). The molecule has 0 radical (unpaired) electrons. The molecule has 0 spiro atoms. The lowest BCUT2D eigenvalue weighted by atomic mass is 9.92. The summed E-state index contributed by atoms with van der Waals surface area (Å²) in [6.07, 6.45) is -4.91. The van der Waals surface area contributed by atoms with E-state index in [4.69, 9.17) is 0 Å². The Balaban J connectivity index is 2.19. The Kier molecular flexibility index (Phi) is 5.03. The lowest BCUT2D eigenvalue weighted by Crippen LogP contribution is -2.17. The Morgan fingerprint density at radius 1 is 0.800 bits per heavy atom. The minimum absolute atomic E-state index is 0.0199. The van der Waals surface area contributed by atoms with E-state index in [1.807, 2.05) is 32.0 Å². The van der Waals surface area contributed by atoms with Gasteiger partial charge in [-0.2, -0.15) is 0 Å². The van der Waals surface area contributed by atoms with Crippen LogP contribution in [0.2, 0.25) is 0 Å². The zero-order valence-corrected chi connectivity index (χ0v) is 16.9. The summed E-state index contributed by atoms with van der Waals surface area (Å²) >= 11 is -2.42. The summed E-state index contributed by atoms with van der Waals surface area (Å²) in [5.74, 6) is -0.418. The van der Waals surface area contributed by atoms with Gasteiger partial charge in [-0.25, -0.2) is 4.21 Å². The topological polar surface area (TPSA) is 46.5 Å². The number of ether oxygens (including phenoxy) is 1. The smallest absolute Gasteiger partial charge is 0.405 e. The first-order chi connectivity index (χ1) is 14.1. The van der Waals surface area contributed by atoms with Gasteiger partial charge in [0.05, 0.1) is 4.90 Å². The molecular formula is C23H17F3O3S. The highest BCUT2D eigenvalue weighted by Gasteiger charge is 2.33. The predicted molar refractivity (Wildman–Crippen MR) is 112 cm³/mol. The van der Waals surface area contributed by atoms with E-state index in [0.717, 1.165) is 16.5 Å². The molecule has 0 aliphatic heterocycles. The number of aryl methyl sites for hydroxylation is 2. The fourth-order valence-electron chi connectivity index (χ4n) is 3.73. The summed E-state index contributed by atoms with van der Waals surface area (Å²) in [6, 6.07) is 16.8. The van der Waals surface area contributed by atoms with Crippen molar-refractivity contribution >= 4 is 32.6 Å². The molecule has 7 heteroatoms. The van der Waals surface area contributed by atoms with E-state index in [1.54, 1.807) is 30.3 Å². The Labute approximate surface area is 173 Å². The highest BCUT2D eigenvalue weighted by atomic mass is 32.2. The van der Waals surface area contributed by atoms with Crippen LogP contribution in [0.4, 0.5) is 13.2 Å². The molecule has 0 saturated carbocycles. The Morgan fingerprint density at radius 3 is 1.87 bits per heavy atom. The first-order valence-corrected chi connectivity index (χ1v) is 10.2. The number of alkyl halides is 3. The average molecular weight is 430 g/mol. The van der Waals surface area contributed by atoms with Gasteiger partial charge in [0.1, 0.15) is 5.75 Å². The van der Waals surface area contributed by atoms with E-state index in [0.29, 0.717) is 16.2 Å². The van der Waals surface area contributed by atoms with Gasteiger partial charge in [0.25, 0.3) is 0 Å². The minimum atomic E-state index is -4.91. The number of benzene rings is 4. The second-order valence-corrected chi connectivity index (χ2v) is 8.06. The van der Waals surface area contributed by atoms with E-state index in [2.05, 4.69) is 4.74 Å². The van der Waals surface area contributed by atoms with Crippen molar-refractivity contribution in [2.75, 3.05) is 0 Å². The molecule has 4 aromatic carbocycles. The zero-order chi connectivity index (χ0) is 21.6. The van der Waals surface area contributed by atoms with Gasteiger partial charge in [-0.3, -0.25) is 0 Å². The molecule has 30 heavy (non-hydrogen) atoms. The van der Waals surface area contributed by atoms with E-state index in [-0.39, 0.29) is 16.0 Å². The number of halogens is 3. The molecule has 154 valence electrons. The summed E-state index contributed by atoms with van der Waals surface area (Å²) in [5, 5.41) is 2.53. The molecule has 4 aromatic rings. The summed E-state index contributed by atoms with van der Waals surface area (Å²) in [7, 11) is 0. The van der Waals surface area contributed by atoms with Crippen molar-refractivity contribution in [3.8, 4) is 16.9 Å². The number of hydrogen-bond acceptors (Lipinski definition) is 2. The molecule has 0 fully saturated rings. The van der Waals surface area contributed by atoms with E-state index in [1.165, 1.54) is 12.1 Å². The molecule has 3 nitrogen and oxygen atoms in total. The maximum Gasteiger partial charge on any atom is 0.573 e. The molecule has 1 N–H and O–H groups in total. The van der Waals surface area contributed by atoms with Crippen LogP contribution in [-0.2, 0) is 11.1 Å². The second kappa shape index (κ2) is 7.41. The van der Waals surface area contributed by atoms with Gasteiger partial charge >= 0.3 is 6.36 Å². The lowest BCUT2D eigenvalue weighted by Gasteiger charge is -2.19. The second-order valence-electron chi connectivity index (χ2n) is 7.12. The third-order valence-electron chi connectivity index (χ3n) is 4.94. The van der Waals surface area contributed by atoms with Crippen LogP contribution in [0.25, 0.3) is 32.7 Å². The molecule has 0 bridgehead atoms. The Morgan fingerprint density at radius 2 is 1.33 bits per heavy atom. The van der Waals surface area contributed by atoms with Crippen LogP contribution < -0.4 is 4.74 Å². The molecule has 0 amide bonds. The fourth-order valence-corrected chi connectivity index (χ4v) is 4.30. The molecule has 0 aliphatic carbocycles. The predicted octanol–water partition coefficient (Wildman–Crippen LogP) is 6.76. The normalized spacial score (nSPS) is 13.0. The highest BCUT2D eigenvalue weighted by Crippen LogP contribution is 2.45. The Bertz CT molecular complexity index is 1310. The molecule has 0 aromatic heterocycles. The summed E-state index contributed by atoms with van der Waals surface area (Å²) in [6.45, 7) is 3.78. The summed E-state index contributed by atoms with van der Waals surface area (Å²) in [5.41, 5.74) is 2.29. The van der Waals surface area contributed by atoms with Gasteiger partial charge in [0.2, 0.25) is 0 Å². The van der Waals surface area contributed by atoms with Gasteiger partial charge in [-0.1, -0.05) is 59.7 Å². The van der Waals surface area contributed by atoms with Crippen molar-refractivity contribution in [1.82, 2.24) is 0 Å². The van der Waals surface area contributed by atoms with Gasteiger partial charge in [-0.05, 0) is 47.5 Å². The zero-order valence-electron chi connectivity index (χ0n) is 16.1. The first-order valence-electron chi connectivity index (χ1n) is 9.08. The number of fused-ring (bicyclic) bond motifs is 2. The molecule has 0 saturated heterocycles. The molecule has 4 rings (SSSR count). The minimum Gasteiger partial charge on any atom is -0.405 e. The third-order valence-corrected chi connectivity index (χ3v) is 5.65. The van der Waals surface area contributed by atoms with Crippen LogP contribution in [0, 0.1) is 13.8 Å². The fraction of sp³-hybridized carbons (Fsp3) is 0.130. The molecular weight excluding hydrogens is 413 g/mol. The summed E-state index contributed by atoms with van der Waals surface area (Å²) in [4.78, 5) is 0.0199. The molecule has 1 unspecified atom stereocenters. The lowest BCUT2D eigenvalue weighted by molar-refractivity contribution is -0.274. The van der Waals surface area contributed by atoms with Crippen molar-refractivity contribution in [3.63, 3.8) is 0 Å². The van der Waals surface area contributed by atoms with Crippen LogP contribution in [-0.4, -0.2) is 15.1 Å². The van der Waals surface area contributed by atoms with Gasteiger partial charge in [0.15, 0.2) is 11.1 Å².